The maximum absolute atomic E-state index is 13.1. The van der Waals surface area contributed by atoms with Crippen LogP contribution in [0.25, 0.3) is 0 Å². The number of benzene rings is 1. The zero-order valence-electron chi connectivity index (χ0n) is 12.3. The van der Waals surface area contributed by atoms with Crippen molar-refractivity contribution >= 4 is 23.4 Å². The van der Waals surface area contributed by atoms with Gasteiger partial charge in [-0.1, -0.05) is 0 Å². The normalized spacial score (nSPS) is 11.2. The van der Waals surface area contributed by atoms with Gasteiger partial charge in [-0.15, -0.1) is 0 Å². The first-order chi connectivity index (χ1) is 11.1. The molecule has 2 rings (SSSR count). The molecule has 10 heteroatoms. The minimum absolute atomic E-state index is 0.208. The van der Waals surface area contributed by atoms with Gasteiger partial charge in [-0.05, 0) is 30.7 Å². The number of alkyl halides is 3. The van der Waals surface area contributed by atoms with E-state index >= 15 is 0 Å². The first-order valence-corrected chi connectivity index (χ1v) is 6.60. The largest absolute Gasteiger partial charge is 0.480 e. The molecule has 6 nitrogen and oxygen atoms in total. The van der Waals surface area contributed by atoms with E-state index < -0.39 is 36.1 Å². The summed E-state index contributed by atoms with van der Waals surface area (Å²) in [6.07, 6.45) is -4.74. The van der Waals surface area contributed by atoms with Gasteiger partial charge in [0.05, 0.1) is 0 Å². The van der Waals surface area contributed by atoms with Crippen LogP contribution < -0.4 is 10.6 Å². The van der Waals surface area contributed by atoms with E-state index in [0.29, 0.717) is 17.3 Å². The van der Waals surface area contributed by atoms with E-state index in [-0.39, 0.29) is 5.82 Å². The molecule has 0 bridgehead atoms. The molecule has 1 aromatic carbocycles. The smallest absolute Gasteiger partial charge is 0.433 e. The monoisotopic (exact) mass is 344 g/mol. The predicted octanol–water partition coefficient (Wildman–Crippen LogP) is 3.18. The lowest BCUT2D eigenvalue weighted by Gasteiger charge is -2.13. The Bertz CT molecular complexity index is 765. The van der Waals surface area contributed by atoms with E-state index in [0.717, 1.165) is 6.07 Å². The first-order valence-electron chi connectivity index (χ1n) is 6.60. The lowest BCUT2D eigenvalue weighted by Crippen LogP contribution is -2.17. The summed E-state index contributed by atoms with van der Waals surface area (Å²) in [4.78, 5) is 17.5. The summed E-state index contributed by atoms with van der Waals surface area (Å²) in [6.45, 7) is 0.928. The Morgan fingerprint density at radius 1 is 1.25 bits per heavy atom. The van der Waals surface area contributed by atoms with Crippen LogP contribution >= 0.6 is 0 Å². The molecule has 1 heterocycles. The number of anilines is 3. The summed E-state index contributed by atoms with van der Waals surface area (Å²) in [7, 11) is 0. The summed E-state index contributed by atoms with van der Waals surface area (Å²) < 4.78 is 51.8. The van der Waals surface area contributed by atoms with Gasteiger partial charge < -0.3 is 15.7 Å². The molecule has 0 aliphatic heterocycles. The lowest BCUT2D eigenvalue weighted by atomic mass is 10.2. The second kappa shape index (κ2) is 6.69. The molecule has 128 valence electrons. The van der Waals surface area contributed by atoms with Crippen LogP contribution in [0.1, 0.15) is 11.3 Å². The minimum Gasteiger partial charge on any atom is -0.480 e. The molecular weight excluding hydrogens is 332 g/mol. The number of aryl methyl sites for hydroxylation is 1. The van der Waals surface area contributed by atoms with Crippen molar-refractivity contribution in [1.29, 1.82) is 0 Å². The van der Waals surface area contributed by atoms with Crippen LogP contribution in [0.3, 0.4) is 0 Å². The van der Waals surface area contributed by atoms with Gasteiger partial charge in [0, 0.05) is 11.8 Å². The average Bonchev–Trinajstić information content (AvgIpc) is 2.47. The van der Waals surface area contributed by atoms with Gasteiger partial charge in [0.2, 0.25) is 5.95 Å². The van der Waals surface area contributed by atoms with Gasteiger partial charge in [0.15, 0.2) is 5.69 Å². The SMILES string of the molecule is Cc1cc(F)ccc1Nc1cc(C(F)(F)F)nc(NCC(=O)O)n1. The zero-order valence-corrected chi connectivity index (χ0v) is 12.3. The van der Waals surface area contributed by atoms with Crippen LogP contribution in [0.2, 0.25) is 0 Å². The number of hydrogen-bond donors (Lipinski definition) is 3. The third kappa shape index (κ3) is 4.54. The van der Waals surface area contributed by atoms with Crippen LogP contribution in [0.4, 0.5) is 35.0 Å². The molecule has 0 saturated carbocycles. The zero-order chi connectivity index (χ0) is 17.9. The molecule has 3 N–H and O–H groups in total. The summed E-state index contributed by atoms with van der Waals surface area (Å²) >= 11 is 0. The van der Waals surface area contributed by atoms with Crippen LogP contribution in [0, 0.1) is 12.7 Å². The van der Waals surface area contributed by atoms with E-state index in [4.69, 9.17) is 5.11 Å². The van der Waals surface area contributed by atoms with Crippen molar-refractivity contribution in [3.05, 3.63) is 41.3 Å². The van der Waals surface area contributed by atoms with Gasteiger partial charge in [-0.3, -0.25) is 4.79 Å². The van der Waals surface area contributed by atoms with E-state index in [1.165, 1.54) is 12.1 Å². The highest BCUT2D eigenvalue weighted by Gasteiger charge is 2.33. The molecule has 1 aromatic heterocycles. The molecule has 0 saturated heterocycles. The highest BCUT2D eigenvalue weighted by atomic mass is 19.4. The second-order valence-corrected chi connectivity index (χ2v) is 4.79. The number of nitrogens with one attached hydrogen (secondary N) is 2. The lowest BCUT2D eigenvalue weighted by molar-refractivity contribution is -0.141. The molecule has 0 fully saturated rings. The number of halogens is 4. The number of nitrogens with zero attached hydrogens (tertiary/aromatic N) is 2. The van der Waals surface area contributed by atoms with Crippen molar-refractivity contribution in [1.82, 2.24) is 9.97 Å². The third-order valence-electron chi connectivity index (χ3n) is 2.87. The van der Waals surface area contributed by atoms with Crippen molar-refractivity contribution in [3.63, 3.8) is 0 Å². The quantitative estimate of drug-likeness (QED) is 0.722. The Balaban J connectivity index is 2.36. The van der Waals surface area contributed by atoms with Gasteiger partial charge in [0.25, 0.3) is 0 Å². The van der Waals surface area contributed by atoms with Crippen molar-refractivity contribution in [2.75, 3.05) is 17.2 Å². The number of carboxylic acids is 1. The van der Waals surface area contributed by atoms with E-state index in [1.54, 1.807) is 6.92 Å². The molecule has 0 spiro atoms. The minimum atomic E-state index is -4.74. The van der Waals surface area contributed by atoms with Crippen LogP contribution in [0.5, 0.6) is 0 Å². The van der Waals surface area contributed by atoms with Crippen LogP contribution in [0.15, 0.2) is 24.3 Å². The topological polar surface area (TPSA) is 87.1 Å². The molecule has 0 amide bonds. The fraction of sp³-hybridized carbons (Fsp3) is 0.214. The van der Waals surface area contributed by atoms with Gasteiger partial charge in [-0.25, -0.2) is 9.37 Å². The highest BCUT2D eigenvalue weighted by Crippen LogP contribution is 2.30. The van der Waals surface area contributed by atoms with E-state index in [1.807, 2.05) is 0 Å². The summed E-state index contributed by atoms with van der Waals surface area (Å²) in [5, 5.41) is 13.4. The van der Waals surface area contributed by atoms with Gasteiger partial charge in [0.1, 0.15) is 18.2 Å². The Hall–Kier alpha value is -2.91. The average molecular weight is 344 g/mol. The Labute approximate surface area is 133 Å². The molecule has 0 aliphatic rings. The van der Waals surface area contributed by atoms with E-state index in [9.17, 15) is 22.4 Å². The highest BCUT2D eigenvalue weighted by molar-refractivity contribution is 5.72. The van der Waals surface area contributed by atoms with Crippen molar-refractivity contribution in [2.45, 2.75) is 13.1 Å². The fourth-order valence-electron chi connectivity index (χ4n) is 1.80. The summed E-state index contributed by atoms with van der Waals surface area (Å²) in [5.41, 5.74) is -0.428. The van der Waals surface area contributed by atoms with Crippen molar-refractivity contribution < 1.29 is 27.5 Å². The van der Waals surface area contributed by atoms with Crippen molar-refractivity contribution in [3.8, 4) is 0 Å². The van der Waals surface area contributed by atoms with Crippen molar-refractivity contribution in [2.24, 2.45) is 0 Å². The predicted molar refractivity (Wildman–Crippen MR) is 77.6 cm³/mol. The maximum Gasteiger partial charge on any atom is 0.433 e. The number of carbonyl (C=O) groups is 1. The molecular formula is C14H12F4N4O2. The Morgan fingerprint density at radius 2 is 1.96 bits per heavy atom. The molecule has 0 atom stereocenters. The maximum atomic E-state index is 13.1. The number of aliphatic carboxylic acids is 1. The summed E-state index contributed by atoms with van der Waals surface area (Å²) in [6, 6.07) is 4.38. The van der Waals surface area contributed by atoms with Gasteiger partial charge in [-0.2, -0.15) is 18.2 Å². The van der Waals surface area contributed by atoms with Gasteiger partial charge >= 0.3 is 12.1 Å². The Kier molecular flexibility index (Phi) is 4.86. The molecule has 0 aliphatic carbocycles. The summed E-state index contributed by atoms with van der Waals surface area (Å²) in [5.74, 6) is -2.46. The number of aromatic nitrogens is 2. The molecule has 24 heavy (non-hydrogen) atoms. The first kappa shape index (κ1) is 17.4. The molecule has 0 radical (unpaired) electrons. The molecule has 2 aromatic rings. The molecule has 0 unspecified atom stereocenters. The standard InChI is InChI=1S/C14H12F4N4O2/c1-7-4-8(15)2-3-9(7)20-11-5-10(14(16,17)18)21-13(22-11)19-6-12(23)24/h2-5H,6H2,1H3,(H,23,24)(H2,19,20,21,22). The Morgan fingerprint density at radius 3 is 2.54 bits per heavy atom. The van der Waals surface area contributed by atoms with Crippen LogP contribution in [-0.2, 0) is 11.0 Å². The van der Waals surface area contributed by atoms with Crippen LogP contribution in [-0.4, -0.2) is 27.6 Å². The van der Waals surface area contributed by atoms with E-state index in [2.05, 4.69) is 20.6 Å². The fourth-order valence-corrected chi connectivity index (χ4v) is 1.80. The number of hydrogen-bond acceptors (Lipinski definition) is 5. The third-order valence-corrected chi connectivity index (χ3v) is 2.87. The number of carboxylic acid groups (broad SMARTS) is 1. The second-order valence-electron chi connectivity index (χ2n) is 4.79. The number of rotatable bonds is 5.